The number of para-hydroxylation sites is 1. The number of carbonyl (C=O) groups is 3. The van der Waals surface area contributed by atoms with Crippen molar-refractivity contribution in [2.24, 2.45) is 10.9 Å². The Hall–Kier alpha value is -3.95. The molecule has 1 aromatic heterocycles. The lowest BCUT2D eigenvalue weighted by atomic mass is 9.81. The fraction of sp³-hybridized carbons (Fsp3) is 0.387. The number of furan rings is 1. The number of benzene rings is 2. The minimum atomic E-state index is -1.46. The van der Waals surface area contributed by atoms with Gasteiger partial charge in [-0.15, -0.1) is 0 Å². The Morgan fingerprint density at radius 1 is 1.14 bits per heavy atom. The minimum absolute atomic E-state index is 0.00715. The van der Waals surface area contributed by atoms with Crippen LogP contribution in [0.1, 0.15) is 57.7 Å². The van der Waals surface area contributed by atoms with Gasteiger partial charge in [0.15, 0.2) is 5.76 Å². The Bertz CT molecular complexity index is 1640. The van der Waals surface area contributed by atoms with Gasteiger partial charge in [0.05, 0.1) is 46.9 Å². The molecule has 13 heteroatoms. The molecular formula is C31H30Cl2N4O7. The molecule has 1 fully saturated rings. The summed E-state index contributed by atoms with van der Waals surface area (Å²) in [6.07, 6.45) is -0.476. The summed E-state index contributed by atoms with van der Waals surface area (Å²) in [5.74, 6) is -2.64. The topological polar surface area (TPSA) is 176 Å². The summed E-state index contributed by atoms with van der Waals surface area (Å²) in [5.41, 5.74) is 2.16. The number of halogens is 2. The zero-order chi connectivity index (χ0) is 31.5. The van der Waals surface area contributed by atoms with Crippen LogP contribution in [-0.4, -0.2) is 75.1 Å². The molecule has 44 heavy (non-hydrogen) atoms. The Balaban J connectivity index is 1.31. The van der Waals surface area contributed by atoms with Gasteiger partial charge in [-0.1, -0.05) is 41.4 Å². The number of hydrogen-bond acceptors (Lipinski definition) is 8. The number of carboxylic acids is 1. The molecule has 0 saturated heterocycles. The van der Waals surface area contributed by atoms with Gasteiger partial charge in [-0.2, -0.15) is 5.26 Å². The van der Waals surface area contributed by atoms with E-state index in [0.29, 0.717) is 48.2 Å². The predicted molar refractivity (Wildman–Crippen MR) is 162 cm³/mol. The number of aliphatic hydroxyl groups is 2. The van der Waals surface area contributed by atoms with Crippen LogP contribution >= 0.6 is 23.2 Å². The number of hydrogen-bond donors (Lipinski definition) is 4. The van der Waals surface area contributed by atoms with Crippen LogP contribution in [0, 0.1) is 17.2 Å². The van der Waals surface area contributed by atoms with E-state index in [-0.39, 0.29) is 59.1 Å². The lowest BCUT2D eigenvalue weighted by molar-refractivity contribution is -0.138. The molecular weight excluding hydrogens is 611 g/mol. The molecule has 230 valence electrons. The standard InChI is InChI=1S/C31H30Cl2N4O7/c32-22-11-18-15-37(30(41)26-12-16-3-1-2-4-25(16)44-26)8-6-21(18)28(33)27(22)29(40)36-24(31(42)43)14-35-23(5-7-34)17-9-19(38)13-20(39)10-17/h1-4,11-12,17,19-20,24,38-39H,5-6,8-10,13-15H2,(H,36,40)(H,42,43)/t17?,19-,20+,24-/m0/s1. The molecule has 1 saturated carbocycles. The van der Waals surface area contributed by atoms with Gasteiger partial charge in [0.1, 0.15) is 11.6 Å². The van der Waals surface area contributed by atoms with Crippen LogP contribution in [-0.2, 0) is 17.8 Å². The Kier molecular flexibility index (Phi) is 9.56. The number of nitriles is 1. The number of amides is 2. The van der Waals surface area contributed by atoms with Crippen LogP contribution in [0.2, 0.25) is 10.0 Å². The fourth-order valence-electron chi connectivity index (χ4n) is 5.84. The summed E-state index contributed by atoms with van der Waals surface area (Å²) < 4.78 is 5.73. The number of aliphatic carboxylic acids is 1. The highest BCUT2D eigenvalue weighted by molar-refractivity contribution is 6.40. The van der Waals surface area contributed by atoms with E-state index in [1.165, 1.54) is 0 Å². The van der Waals surface area contributed by atoms with Crippen molar-refractivity contribution in [3.63, 3.8) is 0 Å². The van der Waals surface area contributed by atoms with E-state index in [9.17, 15) is 35.0 Å². The molecule has 4 N–H and O–H groups in total. The number of nitrogens with zero attached hydrogens (tertiary/aromatic N) is 3. The number of carbonyl (C=O) groups excluding carboxylic acids is 2. The molecule has 11 nitrogen and oxygen atoms in total. The largest absolute Gasteiger partial charge is 0.480 e. The van der Waals surface area contributed by atoms with Crippen LogP contribution in [0.5, 0.6) is 0 Å². The molecule has 2 aliphatic rings. The van der Waals surface area contributed by atoms with Crippen LogP contribution in [0.15, 0.2) is 45.8 Å². The van der Waals surface area contributed by atoms with Gasteiger partial charge >= 0.3 is 5.97 Å². The van der Waals surface area contributed by atoms with Crippen LogP contribution in [0.3, 0.4) is 0 Å². The smallest absolute Gasteiger partial charge is 0.328 e. The van der Waals surface area contributed by atoms with E-state index in [0.717, 1.165) is 5.39 Å². The van der Waals surface area contributed by atoms with Crippen molar-refractivity contribution in [1.82, 2.24) is 10.2 Å². The molecule has 1 unspecified atom stereocenters. The summed E-state index contributed by atoms with van der Waals surface area (Å²) in [6.45, 7) is 0.120. The Morgan fingerprint density at radius 2 is 1.86 bits per heavy atom. The third-order valence-electron chi connectivity index (χ3n) is 8.02. The van der Waals surface area contributed by atoms with Gasteiger partial charge in [-0.3, -0.25) is 14.6 Å². The zero-order valence-electron chi connectivity index (χ0n) is 23.5. The van der Waals surface area contributed by atoms with Crippen molar-refractivity contribution in [1.29, 1.82) is 5.26 Å². The average molecular weight is 642 g/mol. The van der Waals surface area contributed by atoms with Gasteiger partial charge in [-0.25, -0.2) is 4.79 Å². The Labute approximate surface area is 262 Å². The second-order valence-corrected chi connectivity index (χ2v) is 11.8. The highest BCUT2D eigenvalue weighted by atomic mass is 35.5. The summed E-state index contributed by atoms with van der Waals surface area (Å²) in [4.78, 5) is 44.5. The third-order valence-corrected chi connectivity index (χ3v) is 8.74. The van der Waals surface area contributed by atoms with Crippen molar-refractivity contribution >= 4 is 57.7 Å². The maximum atomic E-state index is 13.3. The normalized spacial score (nSPS) is 20.9. The van der Waals surface area contributed by atoms with Crippen molar-refractivity contribution in [3.05, 3.63) is 68.9 Å². The van der Waals surface area contributed by atoms with E-state index >= 15 is 0 Å². The summed E-state index contributed by atoms with van der Waals surface area (Å²) in [5, 5.41) is 42.5. The first kappa shape index (κ1) is 31.5. The third kappa shape index (κ3) is 6.74. The molecule has 1 aliphatic carbocycles. The van der Waals surface area contributed by atoms with Gasteiger partial charge in [-0.05, 0) is 55.0 Å². The number of nitrogens with one attached hydrogen (secondary N) is 1. The first-order valence-electron chi connectivity index (χ1n) is 14.1. The lowest BCUT2D eigenvalue weighted by Crippen LogP contribution is -2.44. The first-order valence-corrected chi connectivity index (χ1v) is 14.9. The quantitative estimate of drug-likeness (QED) is 0.267. The van der Waals surface area contributed by atoms with E-state index in [1.54, 1.807) is 23.1 Å². The minimum Gasteiger partial charge on any atom is -0.480 e. The van der Waals surface area contributed by atoms with Crippen molar-refractivity contribution in [2.45, 2.75) is 56.9 Å². The summed E-state index contributed by atoms with van der Waals surface area (Å²) in [6, 6.07) is 11.1. The fourth-order valence-corrected chi connectivity index (χ4v) is 6.61. The molecule has 0 radical (unpaired) electrons. The van der Waals surface area contributed by atoms with E-state index in [4.69, 9.17) is 27.6 Å². The molecule has 3 aromatic rings. The molecule has 4 atom stereocenters. The lowest BCUT2D eigenvalue weighted by Gasteiger charge is -2.30. The molecule has 5 rings (SSSR count). The van der Waals surface area contributed by atoms with Crippen LogP contribution in [0.25, 0.3) is 11.0 Å². The molecule has 2 heterocycles. The van der Waals surface area contributed by atoms with E-state index in [1.807, 2.05) is 24.3 Å². The maximum absolute atomic E-state index is 13.3. The molecule has 0 spiro atoms. The number of rotatable bonds is 8. The predicted octanol–water partition coefficient (Wildman–Crippen LogP) is 4.00. The molecule has 2 aromatic carbocycles. The number of aliphatic hydroxyl groups excluding tert-OH is 2. The SMILES string of the molecule is N#CCC(=NC[C@H](NC(=O)c1c(Cl)cc2c(c1Cl)CCN(C(=O)c1cc3ccccc3o1)C2)C(=O)O)C1C[C@@H](O)C[C@@H](O)C1. The van der Waals surface area contributed by atoms with Crippen molar-refractivity contribution in [2.75, 3.05) is 13.1 Å². The number of carboxylic acid groups (broad SMARTS) is 1. The zero-order valence-corrected chi connectivity index (χ0v) is 25.0. The van der Waals surface area contributed by atoms with Crippen LogP contribution in [0.4, 0.5) is 0 Å². The monoisotopic (exact) mass is 640 g/mol. The van der Waals surface area contributed by atoms with E-state index < -0.39 is 30.1 Å². The highest BCUT2D eigenvalue weighted by Gasteiger charge is 2.32. The summed E-state index contributed by atoms with van der Waals surface area (Å²) in [7, 11) is 0. The maximum Gasteiger partial charge on any atom is 0.328 e. The highest BCUT2D eigenvalue weighted by Crippen LogP contribution is 2.35. The molecule has 0 bridgehead atoms. The summed E-state index contributed by atoms with van der Waals surface area (Å²) >= 11 is 13.2. The van der Waals surface area contributed by atoms with Crippen molar-refractivity contribution in [3.8, 4) is 6.07 Å². The van der Waals surface area contributed by atoms with Gasteiger partial charge in [0.25, 0.3) is 11.8 Å². The Morgan fingerprint density at radius 3 is 2.55 bits per heavy atom. The molecule has 2 amide bonds. The van der Waals surface area contributed by atoms with E-state index in [2.05, 4.69) is 10.3 Å². The van der Waals surface area contributed by atoms with Gasteiger partial charge < -0.3 is 30.0 Å². The second-order valence-electron chi connectivity index (χ2n) is 11.1. The second kappa shape index (κ2) is 13.4. The number of aliphatic imine (C=N–C) groups is 1. The average Bonchev–Trinajstić information content (AvgIpc) is 3.41. The van der Waals surface area contributed by atoms with Gasteiger partial charge in [0, 0.05) is 30.1 Å². The van der Waals surface area contributed by atoms with Crippen molar-refractivity contribution < 1.29 is 34.1 Å². The first-order chi connectivity index (χ1) is 21.0. The number of fused-ring (bicyclic) bond motifs is 2. The van der Waals surface area contributed by atoms with Gasteiger partial charge in [0.2, 0.25) is 0 Å². The van der Waals surface area contributed by atoms with Crippen LogP contribution < -0.4 is 5.32 Å². The molecule has 1 aliphatic heterocycles.